The van der Waals surface area contributed by atoms with E-state index >= 15 is 0 Å². The fourth-order valence-corrected chi connectivity index (χ4v) is 4.63. The molecule has 0 N–H and O–H groups in total. The van der Waals surface area contributed by atoms with Gasteiger partial charge in [0.05, 0.1) is 13.1 Å². The number of anilines is 1. The van der Waals surface area contributed by atoms with Crippen LogP contribution < -0.4 is 4.90 Å². The first kappa shape index (κ1) is 17.1. The number of hydrogen-bond acceptors (Lipinski definition) is 4. The van der Waals surface area contributed by atoms with E-state index in [4.69, 9.17) is 4.74 Å². The minimum atomic E-state index is -0.0352. The number of aromatic nitrogens is 3. The van der Waals surface area contributed by atoms with Crippen LogP contribution in [0.25, 0.3) is 0 Å². The number of methoxy groups -OCH3 is 1. The molecule has 3 aliphatic rings. The van der Waals surface area contributed by atoms with Crippen LogP contribution in [0.5, 0.6) is 0 Å². The first-order chi connectivity index (χ1) is 12.2. The molecule has 0 amide bonds. The van der Waals surface area contributed by atoms with Gasteiger partial charge in [-0.3, -0.25) is 4.57 Å². The number of ether oxygens (including phenoxy) is 1. The second-order valence-electron chi connectivity index (χ2n) is 8.48. The number of rotatable bonds is 6. The molecular formula is C20H32N4O. The highest BCUT2D eigenvalue weighted by Gasteiger charge is 2.41. The Morgan fingerprint density at radius 1 is 1.16 bits per heavy atom. The van der Waals surface area contributed by atoms with Crippen molar-refractivity contribution >= 4 is 5.95 Å². The fraction of sp³-hybridized carbons (Fsp3) is 0.800. The molecule has 1 aromatic heterocycles. The van der Waals surface area contributed by atoms with Crippen molar-refractivity contribution in [3.05, 3.63) is 17.5 Å². The second kappa shape index (κ2) is 7.10. The van der Waals surface area contributed by atoms with E-state index in [2.05, 4.69) is 32.7 Å². The number of nitrogens with zero attached hydrogens (tertiary/aromatic N) is 4. The van der Waals surface area contributed by atoms with Gasteiger partial charge in [-0.25, -0.2) is 0 Å². The lowest BCUT2D eigenvalue weighted by Gasteiger charge is -2.47. The van der Waals surface area contributed by atoms with E-state index in [0.29, 0.717) is 0 Å². The van der Waals surface area contributed by atoms with Crippen molar-refractivity contribution in [2.75, 3.05) is 25.1 Å². The standard InChI is InChI=1S/C20H32N4O/c1-20(25-2)14-23(15-20)19-22-21-18(12-16-8-6-7-9-16)24(19)13-17-10-4-3-5-11-17/h10,16H,3-9,11-15H2,1-2H3. The molecule has 138 valence electrons. The predicted octanol–water partition coefficient (Wildman–Crippen LogP) is 3.74. The summed E-state index contributed by atoms with van der Waals surface area (Å²) in [7, 11) is 1.81. The highest BCUT2D eigenvalue weighted by molar-refractivity contribution is 5.39. The van der Waals surface area contributed by atoms with Crippen LogP contribution in [0.15, 0.2) is 11.6 Å². The van der Waals surface area contributed by atoms with E-state index in [0.717, 1.165) is 37.9 Å². The Labute approximate surface area is 151 Å². The van der Waals surface area contributed by atoms with Gasteiger partial charge in [0.1, 0.15) is 11.4 Å². The molecule has 1 saturated heterocycles. The van der Waals surface area contributed by atoms with Crippen LogP contribution in [0.2, 0.25) is 0 Å². The third-order valence-electron chi connectivity index (χ3n) is 6.33. The zero-order chi connectivity index (χ0) is 17.3. The van der Waals surface area contributed by atoms with Gasteiger partial charge in [-0.1, -0.05) is 37.3 Å². The average Bonchev–Trinajstić information content (AvgIpc) is 3.24. The molecule has 25 heavy (non-hydrogen) atoms. The van der Waals surface area contributed by atoms with Gasteiger partial charge in [-0.15, -0.1) is 10.2 Å². The van der Waals surface area contributed by atoms with Crippen molar-refractivity contribution in [2.24, 2.45) is 5.92 Å². The SMILES string of the molecule is COC1(C)CN(c2nnc(CC3CCCC3)n2CC2=CCCCC2)C1. The van der Waals surface area contributed by atoms with Crippen molar-refractivity contribution in [1.82, 2.24) is 14.8 Å². The van der Waals surface area contributed by atoms with E-state index in [1.54, 1.807) is 12.7 Å². The van der Waals surface area contributed by atoms with Gasteiger partial charge in [-0.05, 0) is 38.5 Å². The zero-order valence-corrected chi connectivity index (χ0v) is 15.8. The first-order valence-electron chi connectivity index (χ1n) is 10.1. The quantitative estimate of drug-likeness (QED) is 0.738. The maximum absolute atomic E-state index is 5.62. The summed E-state index contributed by atoms with van der Waals surface area (Å²) in [5, 5.41) is 9.23. The molecular weight excluding hydrogens is 312 g/mol. The van der Waals surface area contributed by atoms with Gasteiger partial charge in [-0.2, -0.15) is 0 Å². The Morgan fingerprint density at radius 3 is 2.64 bits per heavy atom. The highest BCUT2D eigenvalue weighted by Crippen LogP contribution is 2.33. The lowest BCUT2D eigenvalue weighted by atomic mass is 9.97. The Kier molecular flexibility index (Phi) is 4.85. The van der Waals surface area contributed by atoms with Crippen LogP contribution in [-0.2, 0) is 17.7 Å². The van der Waals surface area contributed by atoms with Crippen LogP contribution in [0, 0.1) is 5.92 Å². The maximum atomic E-state index is 5.62. The summed E-state index contributed by atoms with van der Waals surface area (Å²) in [6.07, 6.45) is 14.2. The predicted molar refractivity (Wildman–Crippen MR) is 99.9 cm³/mol. The minimum absolute atomic E-state index is 0.0352. The Bertz CT molecular complexity index is 624. The molecule has 2 heterocycles. The van der Waals surface area contributed by atoms with Crippen LogP contribution in [-0.4, -0.2) is 40.6 Å². The van der Waals surface area contributed by atoms with Crippen LogP contribution in [0.4, 0.5) is 5.95 Å². The molecule has 2 fully saturated rings. The molecule has 0 radical (unpaired) electrons. The maximum Gasteiger partial charge on any atom is 0.227 e. The molecule has 0 bridgehead atoms. The summed E-state index contributed by atoms with van der Waals surface area (Å²) in [5.74, 6) is 3.05. The van der Waals surface area contributed by atoms with E-state index in [1.165, 1.54) is 57.2 Å². The Balaban J connectivity index is 1.55. The summed E-state index contributed by atoms with van der Waals surface area (Å²) in [5.41, 5.74) is 1.53. The molecule has 1 aliphatic heterocycles. The van der Waals surface area contributed by atoms with Gasteiger partial charge in [0.25, 0.3) is 0 Å². The van der Waals surface area contributed by atoms with Gasteiger partial charge >= 0.3 is 0 Å². The highest BCUT2D eigenvalue weighted by atomic mass is 16.5. The lowest BCUT2D eigenvalue weighted by Crippen LogP contribution is -2.61. The summed E-state index contributed by atoms with van der Waals surface area (Å²) < 4.78 is 8.03. The van der Waals surface area contributed by atoms with Crippen molar-refractivity contribution < 1.29 is 4.74 Å². The molecule has 4 rings (SSSR count). The molecule has 0 aromatic carbocycles. The minimum Gasteiger partial charge on any atom is -0.375 e. The normalized spacial score (nSPS) is 23.6. The largest absolute Gasteiger partial charge is 0.375 e. The monoisotopic (exact) mass is 344 g/mol. The Morgan fingerprint density at radius 2 is 1.96 bits per heavy atom. The van der Waals surface area contributed by atoms with Gasteiger partial charge < -0.3 is 9.64 Å². The molecule has 2 aliphatic carbocycles. The van der Waals surface area contributed by atoms with Gasteiger partial charge in [0, 0.05) is 20.1 Å². The second-order valence-corrected chi connectivity index (χ2v) is 8.48. The van der Waals surface area contributed by atoms with Crippen molar-refractivity contribution in [1.29, 1.82) is 0 Å². The van der Waals surface area contributed by atoms with Crippen molar-refractivity contribution in [3.63, 3.8) is 0 Å². The van der Waals surface area contributed by atoms with Crippen LogP contribution in [0.1, 0.15) is 64.1 Å². The summed E-state index contributed by atoms with van der Waals surface area (Å²) in [6.45, 7) is 4.96. The fourth-order valence-electron chi connectivity index (χ4n) is 4.63. The van der Waals surface area contributed by atoms with E-state index in [9.17, 15) is 0 Å². The number of allylic oxidation sites excluding steroid dienone is 2. The topological polar surface area (TPSA) is 43.2 Å². The summed E-state index contributed by atoms with van der Waals surface area (Å²) in [4.78, 5) is 2.33. The van der Waals surface area contributed by atoms with E-state index < -0.39 is 0 Å². The van der Waals surface area contributed by atoms with Crippen LogP contribution >= 0.6 is 0 Å². The molecule has 1 saturated carbocycles. The van der Waals surface area contributed by atoms with Crippen molar-refractivity contribution in [2.45, 2.75) is 76.9 Å². The molecule has 5 heteroatoms. The molecule has 0 unspecified atom stereocenters. The van der Waals surface area contributed by atoms with Crippen molar-refractivity contribution in [3.8, 4) is 0 Å². The number of hydrogen-bond donors (Lipinski definition) is 0. The lowest BCUT2D eigenvalue weighted by molar-refractivity contribution is -0.0178. The molecule has 0 spiro atoms. The third-order valence-corrected chi connectivity index (χ3v) is 6.33. The molecule has 0 atom stereocenters. The summed E-state index contributed by atoms with van der Waals surface area (Å²) >= 11 is 0. The third kappa shape index (κ3) is 3.62. The average molecular weight is 345 g/mol. The zero-order valence-electron chi connectivity index (χ0n) is 15.8. The smallest absolute Gasteiger partial charge is 0.227 e. The molecule has 5 nitrogen and oxygen atoms in total. The summed E-state index contributed by atoms with van der Waals surface area (Å²) in [6, 6.07) is 0. The first-order valence-corrected chi connectivity index (χ1v) is 10.1. The van der Waals surface area contributed by atoms with E-state index in [1.807, 2.05) is 0 Å². The Hall–Kier alpha value is -1.36. The van der Waals surface area contributed by atoms with E-state index in [-0.39, 0.29) is 5.60 Å². The van der Waals surface area contributed by atoms with Crippen LogP contribution in [0.3, 0.4) is 0 Å². The molecule has 1 aromatic rings. The van der Waals surface area contributed by atoms with Gasteiger partial charge in [0.15, 0.2) is 0 Å². The van der Waals surface area contributed by atoms with Gasteiger partial charge in [0.2, 0.25) is 5.95 Å².